The Kier molecular flexibility index (Phi) is 5.62. The van der Waals surface area contributed by atoms with E-state index in [-0.39, 0.29) is 0 Å². The molecule has 0 spiro atoms. The molecule has 1 aliphatic heterocycles. The summed E-state index contributed by atoms with van der Waals surface area (Å²) in [6.45, 7) is 9.59. The first-order valence-electron chi connectivity index (χ1n) is 6.54. The third kappa shape index (κ3) is 4.52. The van der Waals surface area contributed by atoms with Crippen molar-refractivity contribution in [3.8, 4) is 0 Å². The third-order valence-corrected chi connectivity index (χ3v) is 3.65. The van der Waals surface area contributed by atoms with Crippen LogP contribution in [0.5, 0.6) is 0 Å². The van der Waals surface area contributed by atoms with Crippen molar-refractivity contribution in [2.24, 2.45) is 5.92 Å². The fraction of sp³-hybridized carbons (Fsp3) is 1.00. The minimum absolute atomic E-state index is 0.751. The molecule has 90 valence electrons. The zero-order valence-electron chi connectivity index (χ0n) is 10.9. The van der Waals surface area contributed by atoms with Crippen molar-refractivity contribution < 1.29 is 0 Å². The standard InChI is InChI=1S/C13H28N2/c1-11(2)6-5-8-15-9-7-13(14-4)10-12(15)3/h11-14H,5-10H2,1-4H3. The summed E-state index contributed by atoms with van der Waals surface area (Å²) < 4.78 is 0. The number of nitrogens with one attached hydrogen (secondary N) is 1. The molecular formula is C13H28N2. The molecule has 0 aliphatic carbocycles. The quantitative estimate of drug-likeness (QED) is 0.753. The van der Waals surface area contributed by atoms with E-state index in [9.17, 15) is 0 Å². The number of likely N-dealkylation sites (tertiary alicyclic amines) is 1. The lowest BCUT2D eigenvalue weighted by Gasteiger charge is -2.37. The predicted molar refractivity (Wildman–Crippen MR) is 67.2 cm³/mol. The van der Waals surface area contributed by atoms with Crippen molar-refractivity contribution in [1.29, 1.82) is 0 Å². The summed E-state index contributed by atoms with van der Waals surface area (Å²) in [6, 6.07) is 1.52. The average Bonchev–Trinajstić information content (AvgIpc) is 2.20. The van der Waals surface area contributed by atoms with E-state index in [1.165, 1.54) is 38.8 Å². The van der Waals surface area contributed by atoms with Gasteiger partial charge in [0.1, 0.15) is 0 Å². The summed E-state index contributed by atoms with van der Waals surface area (Å²) >= 11 is 0. The summed E-state index contributed by atoms with van der Waals surface area (Å²) in [6.07, 6.45) is 5.38. The molecule has 1 rings (SSSR count). The van der Waals surface area contributed by atoms with Crippen molar-refractivity contribution in [1.82, 2.24) is 10.2 Å². The van der Waals surface area contributed by atoms with E-state index >= 15 is 0 Å². The zero-order valence-corrected chi connectivity index (χ0v) is 10.9. The predicted octanol–water partition coefficient (Wildman–Crippen LogP) is 2.49. The molecule has 1 saturated heterocycles. The summed E-state index contributed by atoms with van der Waals surface area (Å²) in [7, 11) is 2.09. The Hall–Kier alpha value is -0.0800. The van der Waals surface area contributed by atoms with Crippen LogP contribution >= 0.6 is 0 Å². The van der Waals surface area contributed by atoms with Gasteiger partial charge in [-0.1, -0.05) is 13.8 Å². The van der Waals surface area contributed by atoms with Crippen LogP contribution in [-0.2, 0) is 0 Å². The van der Waals surface area contributed by atoms with Crippen LogP contribution in [-0.4, -0.2) is 37.1 Å². The SMILES string of the molecule is CNC1CCN(CCCC(C)C)C(C)C1. The Morgan fingerprint density at radius 1 is 1.40 bits per heavy atom. The highest BCUT2D eigenvalue weighted by Gasteiger charge is 2.23. The summed E-state index contributed by atoms with van der Waals surface area (Å²) in [5.74, 6) is 0.857. The molecule has 1 N–H and O–H groups in total. The lowest BCUT2D eigenvalue weighted by atomic mass is 9.97. The van der Waals surface area contributed by atoms with E-state index in [0.29, 0.717) is 0 Å². The Labute approximate surface area is 95.4 Å². The first-order chi connectivity index (χ1) is 7.13. The van der Waals surface area contributed by atoms with E-state index < -0.39 is 0 Å². The number of hydrogen-bond acceptors (Lipinski definition) is 2. The summed E-state index contributed by atoms with van der Waals surface area (Å²) in [4.78, 5) is 2.66. The second kappa shape index (κ2) is 6.49. The van der Waals surface area contributed by atoms with Crippen molar-refractivity contribution in [3.05, 3.63) is 0 Å². The smallest absolute Gasteiger partial charge is 0.00910 e. The van der Waals surface area contributed by atoms with Gasteiger partial charge in [0.2, 0.25) is 0 Å². The molecule has 0 aromatic carbocycles. The second-order valence-electron chi connectivity index (χ2n) is 5.43. The van der Waals surface area contributed by atoms with Crippen LogP contribution < -0.4 is 5.32 Å². The van der Waals surface area contributed by atoms with Gasteiger partial charge in [0.15, 0.2) is 0 Å². The third-order valence-electron chi connectivity index (χ3n) is 3.65. The maximum absolute atomic E-state index is 3.40. The largest absolute Gasteiger partial charge is 0.317 e. The van der Waals surface area contributed by atoms with Crippen molar-refractivity contribution >= 4 is 0 Å². The minimum Gasteiger partial charge on any atom is -0.317 e. The summed E-state index contributed by atoms with van der Waals surface area (Å²) in [5, 5.41) is 3.40. The molecule has 0 bridgehead atoms. The molecule has 1 heterocycles. The molecule has 0 aromatic rings. The molecule has 1 fully saturated rings. The van der Waals surface area contributed by atoms with Crippen molar-refractivity contribution in [2.75, 3.05) is 20.1 Å². The Morgan fingerprint density at radius 2 is 2.13 bits per heavy atom. The van der Waals surface area contributed by atoms with E-state index in [1.54, 1.807) is 0 Å². The van der Waals surface area contributed by atoms with Crippen LogP contribution in [0.4, 0.5) is 0 Å². The van der Waals surface area contributed by atoms with Crippen LogP contribution in [0, 0.1) is 5.92 Å². The maximum atomic E-state index is 3.40. The lowest BCUT2D eigenvalue weighted by Crippen LogP contribution is -2.46. The Bertz CT molecular complexity index is 168. The monoisotopic (exact) mass is 212 g/mol. The molecule has 15 heavy (non-hydrogen) atoms. The van der Waals surface area contributed by atoms with Gasteiger partial charge in [-0.2, -0.15) is 0 Å². The molecule has 0 aromatic heterocycles. The number of rotatable bonds is 5. The first kappa shape index (κ1) is 13.0. The fourth-order valence-corrected chi connectivity index (χ4v) is 2.52. The van der Waals surface area contributed by atoms with Crippen LogP contribution in [0.1, 0.15) is 46.5 Å². The molecule has 0 amide bonds. The van der Waals surface area contributed by atoms with Crippen molar-refractivity contribution in [3.63, 3.8) is 0 Å². The molecule has 0 saturated carbocycles. The molecule has 2 heteroatoms. The molecule has 2 unspecified atom stereocenters. The van der Waals surface area contributed by atoms with Crippen molar-refractivity contribution in [2.45, 2.75) is 58.5 Å². The van der Waals surface area contributed by atoms with Gasteiger partial charge in [-0.3, -0.25) is 0 Å². The maximum Gasteiger partial charge on any atom is 0.00910 e. The van der Waals surface area contributed by atoms with Gasteiger partial charge in [0.25, 0.3) is 0 Å². The van der Waals surface area contributed by atoms with Gasteiger partial charge in [0.05, 0.1) is 0 Å². The Morgan fingerprint density at radius 3 is 2.67 bits per heavy atom. The minimum atomic E-state index is 0.751. The van der Waals surface area contributed by atoms with Gasteiger partial charge in [0, 0.05) is 12.1 Å². The van der Waals surface area contributed by atoms with Crippen LogP contribution in [0.25, 0.3) is 0 Å². The van der Waals surface area contributed by atoms with Crippen LogP contribution in [0.15, 0.2) is 0 Å². The van der Waals surface area contributed by atoms with E-state index in [4.69, 9.17) is 0 Å². The Balaban J connectivity index is 2.20. The fourth-order valence-electron chi connectivity index (χ4n) is 2.52. The summed E-state index contributed by atoms with van der Waals surface area (Å²) in [5.41, 5.74) is 0. The van der Waals surface area contributed by atoms with Gasteiger partial charge < -0.3 is 10.2 Å². The lowest BCUT2D eigenvalue weighted by molar-refractivity contribution is 0.135. The highest BCUT2D eigenvalue weighted by molar-refractivity contribution is 4.81. The van der Waals surface area contributed by atoms with Gasteiger partial charge in [-0.05, 0) is 58.7 Å². The molecule has 2 nitrogen and oxygen atoms in total. The van der Waals surface area contributed by atoms with E-state index in [0.717, 1.165) is 18.0 Å². The van der Waals surface area contributed by atoms with E-state index in [2.05, 4.69) is 38.0 Å². The highest BCUT2D eigenvalue weighted by Crippen LogP contribution is 2.18. The number of nitrogens with zero attached hydrogens (tertiary/aromatic N) is 1. The molecule has 2 atom stereocenters. The number of piperidine rings is 1. The number of hydrogen-bond donors (Lipinski definition) is 1. The molecule has 1 aliphatic rings. The topological polar surface area (TPSA) is 15.3 Å². The van der Waals surface area contributed by atoms with E-state index in [1.807, 2.05) is 0 Å². The molecular weight excluding hydrogens is 184 g/mol. The van der Waals surface area contributed by atoms with Crippen LogP contribution in [0.3, 0.4) is 0 Å². The first-order valence-corrected chi connectivity index (χ1v) is 6.54. The second-order valence-corrected chi connectivity index (χ2v) is 5.43. The average molecular weight is 212 g/mol. The molecule has 0 radical (unpaired) electrons. The highest BCUT2D eigenvalue weighted by atomic mass is 15.2. The normalized spacial score (nSPS) is 28.6. The van der Waals surface area contributed by atoms with Gasteiger partial charge in [-0.25, -0.2) is 0 Å². The van der Waals surface area contributed by atoms with Crippen LogP contribution in [0.2, 0.25) is 0 Å². The van der Waals surface area contributed by atoms with Gasteiger partial charge >= 0.3 is 0 Å². The zero-order chi connectivity index (χ0) is 11.3. The van der Waals surface area contributed by atoms with Gasteiger partial charge in [-0.15, -0.1) is 0 Å².